The third-order valence-electron chi connectivity index (χ3n) is 4.77. The topological polar surface area (TPSA) is 43.4 Å². The van der Waals surface area contributed by atoms with Crippen LogP contribution >= 0.6 is 0 Å². The van der Waals surface area contributed by atoms with E-state index in [9.17, 15) is 21.6 Å². The predicted octanol–water partition coefficient (Wildman–Crippen LogP) is 4.53. The Bertz CT molecular complexity index is 600. The molecule has 22 heavy (non-hydrogen) atoms. The van der Waals surface area contributed by atoms with Gasteiger partial charge in [0.1, 0.15) is 5.76 Å². The molecular formula is C15H21F3O3S. The number of halogens is 3. The van der Waals surface area contributed by atoms with Crippen molar-refractivity contribution in [2.75, 3.05) is 0 Å². The Kier molecular flexibility index (Phi) is 4.41. The lowest BCUT2D eigenvalue weighted by atomic mass is 9.84. The molecule has 0 amide bonds. The lowest BCUT2D eigenvalue weighted by Crippen LogP contribution is -2.25. The Labute approximate surface area is 129 Å². The first-order valence-electron chi connectivity index (χ1n) is 7.34. The van der Waals surface area contributed by atoms with Gasteiger partial charge in [-0.2, -0.15) is 21.6 Å². The molecule has 0 spiro atoms. The lowest BCUT2D eigenvalue weighted by molar-refractivity contribution is -0.0524. The van der Waals surface area contributed by atoms with Gasteiger partial charge in [0.2, 0.25) is 0 Å². The van der Waals surface area contributed by atoms with Crippen LogP contribution in [0.3, 0.4) is 0 Å². The fraction of sp³-hybridized carbons (Fsp3) is 0.733. The van der Waals surface area contributed by atoms with Crippen molar-refractivity contribution >= 4 is 10.1 Å². The van der Waals surface area contributed by atoms with E-state index in [1.165, 1.54) is 11.6 Å². The quantitative estimate of drug-likeness (QED) is 0.406. The van der Waals surface area contributed by atoms with Gasteiger partial charge in [0.05, 0.1) is 0 Å². The summed E-state index contributed by atoms with van der Waals surface area (Å²) in [5.74, 6) is 0.108. The van der Waals surface area contributed by atoms with Crippen molar-refractivity contribution in [2.45, 2.75) is 52.0 Å². The zero-order valence-corrected chi connectivity index (χ0v) is 13.7. The minimum Gasteiger partial charge on any atom is -0.381 e. The normalized spacial score (nSPS) is 28.6. The highest BCUT2D eigenvalue weighted by Crippen LogP contribution is 2.68. The number of hydrogen-bond acceptors (Lipinski definition) is 3. The van der Waals surface area contributed by atoms with Gasteiger partial charge >= 0.3 is 15.6 Å². The molecule has 2 aliphatic rings. The van der Waals surface area contributed by atoms with Crippen molar-refractivity contribution in [1.29, 1.82) is 0 Å². The monoisotopic (exact) mass is 338 g/mol. The molecule has 3 nitrogen and oxygen atoms in total. The first kappa shape index (κ1) is 17.4. The maximum Gasteiger partial charge on any atom is 0.534 e. The van der Waals surface area contributed by atoms with Gasteiger partial charge in [0.25, 0.3) is 0 Å². The third kappa shape index (κ3) is 3.19. The second kappa shape index (κ2) is 5.58. The van der Waals surface area contributed by atoms with Gasteiger partial charge in [-0.15, -0.1) is 0 Å². The Balaban J connectivity index is 1.96. The molecule has 2 rings (SSSR count). The van der Waals surface area contributed by atoms with Crippen LogP contribution in [0.25, 0.3) is 0 Å². The van der Waals surface area contributed by atoms with Gasteiger partial charge in [-0.3, -0.25) is 0 Å². The van der Waals surface area contributed by atoms with E-state index in [2.05, 4.69) is 17.2 Å². The van der Waals surface area contributed by atoms with Crippen LogP contribution in [-0.2, 0) is 14.3 Å². The second-order valence-electron chi connectivity index (χ2n) is 6.54. The molecule has 0 bridgehead atoms. The van der Waals surface area contributed by atoms with E-state index in [0.29, 0.717) is 18.8 Å². The summed E-state index contributed by atoms with van der Waals surface area (Å²) in [5.41, 5.74) is -4.24. The average molecular weight is 338 g/mol. The summed E-state index contributed by atoms with van der Waals surface area (Å²) >= 11 is 0. The Morgan fingerprint density at radius 2 is 2.14 bits per heavy atom. The molecule has 0 aromatic rings. The van der Waals surface area contributed by atoms with Crippen LogP contribution in [0.5, 0.6) is 0 Å². The minimum absolute atomic E-state index is 0.0219. The molecule has 0 N–H and O–H groups in total. The minimum atomic E-state index is -5.55. The highest BCUT2D eigenvalue weighted by molar-refractivity contribution is 7.87. The molecule has 0 saturated heterocycles. The SMILES string of the molecule is CC(C)=CCC[C@@H](C)[C@]12CC=C(OS(=O)(=O)C(F)(F)F)[C@H]1C2. The zero-order chi connectivity index (χ0) is 16.8. The molecule has 1 fully saturated rings. The smallest absolute Gasteiger partial charge is 0.381 e. The molecule has 1 saturated carbocycles. The van der Waals surface area contributed by atoms with Crippen LogP contribution < -0.4 is 0 Å². The number of fused-ring (bicyclic) bond motifs is 1. The van der Waals surface area contributed by atoms with Crippen LogP contribution in [0.1, 0.15) is 46.5 Å². The first-order valence-corrected chi connectivity index (χ1v) is 8.74. The molecule has 0 aromatic carbocycles. The fourth-order valence-electron chi connectivity index (χ4n) is 3.28. The number of hydrogen-bond donors (Lipinski definition) is 0. The lowest BCUT2D eigenvalue weighted by Gasteiger charge is -2.20. The summed E-state index contributed by atoms with van der Waals surface area (Å²) < 4.78 is 63.7. The van der Waals surface area contributed by atoms with Crippen molar-refractivity contribution in [3.63, 3.8) is 0 Å². The molecule has 0 radical (unpaired) electrons. The molecule has 3 atom stereocenters. The standard InChI is InChI=1S/C15H21F3O3S/c1-10(2)5-4-6-11(3)14-8-7-13(12(14)9-14)21-22(19,20)15(16,17)18/h5,7,11-12H,4,6,8-9H2,1-3H3/t11-,12-,14-/m1/s1. The highest BCUT2D eigenvalue weighted by Gasteiger charge is 2.63. The van der Waals surface area contributed by atoms with E-state index in [1.807, 2.05) is 13.8 Å². The van der Waals surface area contributed by atoms with Crippen molar-refractivity contribution in [3.8, 4) is 0 Å². The van der Waals surface area contributed by atoms with Crippen LogP contribution in [0.2, 0.25) is 0 Å². The number of alkyl halides is 3. The summed E-state index contributed by atoms with van der Waals surface area (Å²) in [5, 5.41) is 0. The Hall–Kier alpha value is -0.980. The van der Waals surface area contributed by atoms with Gasteiger partial charge in [-0.25, -0.2) is 0 Å². The Morgan fingerprint density at radius 1 is 1.50 bits per heavy atom. The van der Waals surface area contributed by atoms with Crippen LogP contribution in [-0.4, -0.2) is 13.9 Å². The molecule has 0 aliphatic heterocycles. The fourth-order valence-corrected chi connectivity index (χ4v) is 3.82. The molecular weight excluding hydrogens is 317 g/mol. The average Bonchev–Trinajstić information content (AvgIpc) is 3.00. The van der Waals surface area contributed by atoms with Crippen LogP contribution in [0.15, 0.2) is 23.5 Å². The molecule has 126 valence electrons. The predicted molar refractivity (Wildman–Crippen MR) is 77.1 cm³/mol. The van der Waals surface area contributed by atoms with E-state index in [1.54, 1.807) is 0 Å². The summed E-state index contributed by atoms with van der Waals surface area (Å²) in [6.07, 6.45) is 6.82. The number of rotatable bonds is 6. The summed E-state index contributed by atoms with van der Waals surface area (Å²) in [4.78, 5) is 0. The van der Waals surface area contributed by atoms with E-state index in [0.717, 1.165) is 12.8 Å². The molecule has 0 unspecified atom stereocenters. The van der Waals surface area contributed by atoms with Crippen LogP contribution in [0, 0.1) is 17.3 Å². The van der Waals surface area contributed by atoms with E-state index >= 15 is 0 Å². The van der Waals surface area contributed by atoms with Gasteiger partial charge in [-0.05, 0) is 56.9 Å². The van der Waals surface area contributed by atoms with Crippen molar-refractivity contribution in [2.24, 2.45) is 17.3 Å². The third-order valence-corrected chi connectivity index (χ3v) is 5.75. The summed E-state index contributed by atoms with van der Waals surface area (Å²) in [6, 6.07) is 0. The maximum atomic E-state index is 12.4. The van der Waals surface area contributed by atoms with Crippen molar-refractivity contribution in [1.82, 2.24) is 0 Å². The second-order valence-corrected chi connectivity index (χ2v) is 8.08. The first-order chi connectivity index (χ1) is 9.99. The highest BCUT2D eigenvalue weighted by atomic mass is 32.2. The van der Waals surface area contributed by atoms with E-state index in [4.69, 9.17) is 0 Å². The maximum absolute atomic E-state index is 12.4. The largest absolute Gasteiger partial charge is 0.534 e. The number of allylic oxidation sites excluding steroid dienone is 4. The van der Waals surface area contributed by atoms with E-state index < -0.39 is 15.6 Å². The summed E-state index contributed by atoms with van der Waals surface area (Å²) in [6.45, 7) is 6.12. The molecule has 7 heteroatoms. The zero-order valence-electron chi connectivity index (χ0n) is 12.9. The van der Waals surface area contributed by atoms with Crippen molar-refractivity contribution in [3.05, 3.63) is 23.5 Å². The van der Waals surface area contributed by atoms with Crippen molar-refractivity contribution < 1.29 is 25.8 Å². The molecule has 2 aliphatic carbocycles. The van der Waals surface area contributed by atoms with Gasteiger partial charge in [0.15, 0.2) is 0 Å². The van der Waals surface area contributed by atoms with Gasteiger partial charge < -0.3 is 4.18 Å². The van der Waals surface area contributed by atoms with Crippen LogP contribution in [0.4, 0.5) is 13.2 Å². The van der Waals surface area contributed by atoms with E-state index in [-0.39, 0.29) is 17.1 Å². The molecule has 0 heterocycles. The molecule has 0 aromatic heterocycles. The summed E-state index contributed by atoms with van der Waals surface area (Å²) in [7, 11) is -5.55. The Morgan fingerprint density at radius 3 is 2.64 bits per heavy atom. The van der Waals surface area contributed by atoms with Gasteiger partial charge in [-0.1, -0.05) is 18.6 Å². The van der Waals surface area contributed by atoms with Gasteiger partial charge in [0, 0.05) is 5.92 Å².